The first-order valence-electron chi connectivity index (χ1n) is 11.6. The summed E-state index contributed by atoms with van der Waals surface area (Å²) in [5.41, 5.74) is 11.1. The van der Waals surface area contributed by atoms with Crippen LogP contribution in [0.25, 0.3) is 5.52 Å². The Hall–Kier alpha value is -3.66. The molecular formula is C24H27N7O3. The zero-order valence-electron chi connectivity index (χ0n) is 19.2. The molecule has 34 heavy (non-hydrogen) atoms. The van der Waals surface area contributed by atoms with Crippen LogP contribution in [-0.4, -0.2) is 57.9 Å². The number of nitrogens with two attached hydrogens (primary N) is 1. The first kappa shape index (κ1) is 20.9. The van der Waals surface area contributed by atoms with Crippen molar-refractivity contribution < 1.29 is 14.3 Å². The van der Waals surface area contributed by atoms with E-state index in [2.05, 4.69) is 15.3 Å². The van der Waals surface area contributed by atoms with Crippen LogP contribution < -0.4 is 20.9 Å². The van der Waals surface area contributed by atoms with Gasteiger partial charge in [0.25, 0.3) is 0 Å². The van der Waals surface area contributed by atoms with Crippen molar-refractivity contribution in [3.05, 3.63) is 47.4 Å². The Kier molecular flexibility index (Phi) is 4.57. The van der Waals surface area contributed by atoms with E-state index in [1.807, 2.05) is 47.7 Å². The number of nitrogens with one attached hydrogen (secondary N) is 1. The van der Waals surface area contributed by atoms with Gasteiger partial charge in [-0.1, -0.05) is 0 Å². The lowest BCUT2D eigenvalue weighted by atomic mass is 10.1. The van der Waals surface area contributed by atoms with Crippen LogP contribution in [0.5, 0.6) is 0 Å². The number of esters is 1. The summed E-state index contributed by atoms with van der Waals surface area (Å²) in [5.74, 6) is -1.44. The van der Waals surface area contributed by atoms with Gasteiger partial charge < -0.3 is 20.7 Å². The molecule has 3 N–H and O–H groups in total. The molecule has 1 atom stereocenters. The number of aryl methyl sites for hydroxylation is 2. The van der Waals surface area contributed by atoms with Crippen LogP contribution >= 0.6 is 0 Å². The molecule has 176 valence electrons. The Bertz CT molecular complexity index is 1330. The van der Waals surface area contributed by atoms with Gasteiger partial charge in [-0.2, -0.15) is 5.10 Å². The molecule has 10 nitrogen and oxygen atoms in total. The normalized spacial score (nSPS) is 20.6. The number of fused-ring (bicyclic) bond motifs is 2. The van der Waals surface area contributed by atoms with Gasteiger partial charge in [-0.15, -0.1) is 0 Å². The number of hydrogen-bond donors (Lipinski definition) is 2. The molecule has 0 radical (unpaired) electrons. The van der Waals surface area contributed by atoms with Crippen LogP contribution in [0, 0.1) is 13.8 Å². The molecule has 3 aromatic rings. The van der Waals surface area contributed by atoms with E-state index in [0.717, 1.165) is 59.2 Å². The maximum absolute atomic E-state index is 12.2. The largest absolute Gasteiger partial charge is 0.434 e. The third kappa shape index (κ3) is 3.37. The Morgan fingerprint density at radius 3 is 2.82 bits per heavy atom. The number of carbonyl (C=O) groups is 2. The summed E-state index contributed by atoms with van der Waals surface area (Å²) in [5, 5.41) is 8.14. The average Bonchev–Trinajstić information content (AvgIpc) is 3.28. The SMILES string of the molecule is Cc1cc2cc(N3c4nccc(N5CCNC6(CC6)C5)c4CC3OC(=O)C(N)=O)c(C)cn2n1. The smallest absolute Gasteiger partial charge is 0.398 e. The van der Waals surface area contributed by atoms with E-state index in [9.17, 15) is 9.59 Å². The zero-order valence-corrected chi connectivity index (χ0v) is 19.2. The number of anilines is 3. The number of hydrogen-bond acceptors (Lipinski definition) is 8. The molecule has 3 aliphatic rings. The van der Waals surface area contributed by atoms with Crippen molar-refractivity contribution in [3.8, 4) is 0 Å². The molecule has 1 unspecified atom stereocenters. The van der Waals surface area contributed by atoms with Gasteiger partial charge in [-0.25, -0.2) is 14.3 Å². The fraction of sp³-hybridized carbons (Fsp3) is 0.417. The fourth-order valence-electron chi connectivity index (χ4n) is 5.28. The van der Waals surface area contributed by atoms with E-state index in [0.29, 0.717) is 6.42 Å². The Morgan fingerprint density at radius 2 is 2.06 bits per heavy atom. The lowest BCUT2D eigenvalue weighted by Crippen LogP contribution is -2.52. The van der Waals surface area contributed by atoms with Gasteiger partial charge in [0.05, 0.1) is 16.9 Å². The monoisotopic (exact) mass is 461 g/mol. The zero-order chi connectivity index (χ0) is 23.6. The van der Waals surface area contributed by atoms with Crippen LogP contribution in [0.3, 0.4) is 0 Å². The van der Waals surface area contributed by atoms with E-state index in [1.165, 1.54) is 12.8 Å². The number of piperazine rings is 1. The van der Waals surface area contributed by atoms with Crippen molar-refractivity contribution in [2.75, 3.05) is 29.4 Å². The van der Waals surface area contributed by atoms with Crippen LogP contribution in [0.15, 0.2) is 30.6 Å². The highest BCUT2D eigenvalue weighted by Crippen LogP contribution is 2.45. The van der Waals surface area contributed by atoms with Crippen LogP contribution in [-0.2, 0) is 20.7 Å². The van der Waals surface area contributed by atoms with E-state index in [-0.39, 0.29) is 5.54 Å². The molecule has 0 aromatic carbocycles. The Morgan fingerprint density at radius 1 is 1.24 bits per heavy atom. The van der Waals surface area contributed by atoms with E-state index in [4.69, 9.17) is 15.5 Å². The minimum Gasteiger partial charge on any atom is -0.434 e. The van der Waals surface area contributed by atoms with Gasteiger partial charge in [0.15, 0.2) is 6.23 Å². The van der Waals surface area contributed by atoms with E-state index < -0.39 is 18.1 Å². The summed E-state index contributed by atoms with van der Waals surface area (Å²) >= 11 is 0. The van der Waals surface area contributed by atoms with Crippen molar-refractivity contribution in [1.29, 1.82) is 0 Å². The summed E-state index contributed by atoms with van der Waals surface area (Å²) in [6.45, 7) is 6.68. The highest BCUT2D eigenvalue weighted by molar-refractivity contribution is 6.31. The third-order valence-corrected chi connectivity index (χ3v) is 7.07. The molecule has 1 spiro atoms. The lowest BCUT2D eigenvalue weighted by molar-refractivity contribution is -0.157. The van der Waals surface area contributed by atoms with Crippen LogP contribution in [0.1, 0.15) is 29.7 Å². The first-order chi connectivity index (χ1) is 16.3. The molecule has 2 fully saturated rings. The van der Waals surface area contributed by atoms with Gasteiger partial charge >= 0.3 is 11.9 Å². The molecule has 1 saturated carbocycles. The molecule has 5 heterocycles. The number of aromatic nitrogens is 3. The molecule has 2 aliphatic heterocycles. The van der Waals surface area contributed by atoms with Crippen LogP contribution in [0.4, 0.5) is 17.2 Å². The minimum atomic E-state index is -1.11. The third-order valence-electron chi connectivity index (χ3n) is 7.07. The molecule has 1 aliphatic carbocycles. The second-order valence-electron chi connectivity index (χ2n) is 9.56. The second-order valence-corrected chi connectivity index (χ2v) is 9.56. The second kappa shape index (κ2) is 7.42. The number of amides is 1. The average molecular weight is 462 g/mol. The standard InChI is InChI=1S/C24H27N7O3/c1-14-12-30-16(9-15(2)28-30)10-19(14)31-20(34-23(33)21(25)32)11-17-18(3-6-26-22(17)31)29-8-7-27-24(13-29)4-5-24/h3,6,9-10,12,20,27H,4-5,7-8,11,13H2,1-2H3,(H2,25,32). The molecule has 1 saturated heterocycles. The van der Waals surface area contributed by atoms with Gasteiger partial charge in [0.2, 0.25) is 0 Å². The maximum atomic E-state index is 12.2. The molecule has 1 amide bonds. The molecule has 6 rings (SSSR count). The van der Waals surface area contributed by atoms with E-state index >= 15 is 0 Å². The summed E-state index contributed by atoms with van der Waals surface area (Å²) < 4.78 is 7.44. The topological polar surface area (TPSA) is 118 Å². The quantitative estimate of drug-likeness (QED) is 0.443. The number of carbonyl (C=O) groups excluding carboxylic acids is 2. The van der Waals surface area contributed by atoms with E-state index in [1.54, 1.807) is 6.20 Å². The molecule has 0 bridgehead atoms. The Labute approximate surface area is 196 Å². The van der Waals surface area contributed by atoms with Crippen molar-refractivity contribution in [2.24, 2.45) is 5.73 Å². The number of nitrogens with zero attached hydrogens (tertiary/aromatic N) is 5. The predicted molar refractivity (Wildman–Crippen MR) is 126 cm³/mol. The number of ether oxygens (including phenoxy) is 1. The minimum absolute atomic E-state index is 0.214. The number of rotatable bonds is 3. The van der Waals surface area contributed by atoms with Gasteiger partial charge in [-0.05, 0) is 50.5 Å². The van der Waals surface area contributed by atoms with Gasteiger partial charge in [0, 0.05) is 55.2 Å². The highest BCUT2D eigenvalue weighted by Gasteiger charge is 2.46. The van der Waals surface area contributed by atoms with Gasteiger partial charge in [0.1, 0.15) is 5.82 Å². The van der Waals surface area contributed by atoms with Gasteiger partial charge in [-0.3, -0.25) is 9.69 Å². The summed E-state index contributed by atoms with van der Waals surface area (Å²) in [7, 11) is 0. The number of pyridine rings is 2. The summed E-state index contributed by atoms with van der Waals surface area (Å²) in [6, 6.07) is 6.03. The van der Waals surface area contributed by atoms with Crippen molar-refractivity contribution in [2.45, 2.75) is 44.9 Å². The number of primary amides is 1. The van der Waals surface area contributed by atoms with Crippen molar-refractivity contribution in [1.82, 2.24) is 19.9 Å². The Balaban J connectivity index is 1.45. The first-order valence-corrected chi connectivity index (χ1v) is 11.6. The van der Waals surface area contributed by atoms with Crippen molar-refractivity contribution >= 4 is 34.6 Å². The molecule has 3 aromatic heterocycles. The molecule has 10 heteroatoms. The predicted octanol–water partition coefficient (Wildman–Crippen LogP) is 1.34. The maximum Gasteiger partial charge on any atom is 0.398 e. The van der Waals surface area contributed by atoms with Crippen LogP contribution in [0.2, 0.25) is 0 Å². The molecular weight excluding hydrogens is 434 g/mol. The highest BCUT2D eigenvalue weighted by atomic mass is 16.6. The summed E-state index contributed by atoms with van der Waals surface area (Å²) in [4.78, 5) is 32.8. The van der Waals surface area contributed by atoms with Crippen molar-refractivity contribution in [3.63, 3.8) is 0 Å². The lowest BCUT2D eigenvalue weighted by Gasteiger charge is -2.36. The summed E-state index contributed by atoms with van der Waals surface area (Å²) in [6.07, 6.45) is 5.80. The fourth-order valence-corrected chi connectivity index (χ4v) is 5.28.